The maximum atomic E-state index is 13.1. The van der Waals surface area contributed by atoms with Crippen LogP contribution in [0.25, 0.3) is 0 Å². The normalized spacial score (nSPS) is 26.4. The van der Waals surface area contributed by atoms with E-state index < -0.39 is 5.82 Å². The van der Waals surface area contributed by atoms with Crippen LogP contribution >= 0.6 is 0 Å². The highest BCUT2D eigenvalue weighted by Crippen LogP contribution is 2.23. The van der Waals surface area contributed by atoms with Crippen molar-refractivity contribution in [1.82, 2.24) is 4.98 Å². The molecule has 76 valence electrons. The first-order chi connectivity index (χ1) is 6.77. The lowest BCUT2D eigenvalue weighted by Crippen LogP contribution is -2.34. The predicted molar refractivity (Wildman–Crippen MR) is 50.4 cm³/mol. The average molecular weight is 196 g/mol. The van der Waals surface area contributed by atoms with Gasteiger partial charge in [0.1, 0.15) is 6.10 Å². The van der Waals surface area contributed by atoms with E-state index in [1.807, 2.05) is 0 Å². The zero-order valence-electron chi connectivity index (χ0n) is 7.82. The zero-order valence-corrected chi connectivity index (χ0v) is 7.82. The standard InChI is InChI=1S/C10H13FN2O/c11-7-3-2-6-13-10(7)14-9-5-1-4-8(9)12/h2-3,6,8-9H,1,4-5,12H2/t8-,9-/m1/s1. The number of ether oxygens (including phenoxy) is 1. The van der Waals surface area contributed by atoms with Gasteiger partial charge < -0.3 is 10.5 Å². The van der Waals surface area contributed by atoms with Gasteiger partial charge in [-0.1, -0.05) is 0 Å². The summed E-state index contributed by atoms with van der Waals surface area (Å²) in [6.45, 7) is 0. The Bertz CT molecular complexity index is 319. The van der Waals surface area contributed by atoms with Crippen LogP contribution in [0.15, 0.2) is 18.3 Å². The van der Waals surface area contributed by atoms with Crippen molar-refractivity contribution in [3.63, 3.8) is 0 Å². The van der Waals surface area contributed by atoms with Crippen LogP contribution in [0.3, 0.4) is 0 Å². The molecule has 0 aliphatic heterocycles. The number of pyridine rings is 1. The fourth-order valence-corrected chi connectivity index (χ4v) is 1.70. The number of rotatable bonds is 2. The fraction of sp³-hybridized carbons (Fsp3) is 0.500. The van der Waals surface area contributed by atoms with Crippen LogP contribution in [-0.4, -0.2) is 17.1 Å². The topological polar surface area (TPSA) is 48.1 Å². The molecule has 1 saturated carbocycles. The largest absolute Gasteiger partial charge is 0.471 e. The van der Waals surface area contributed by atoms with E-state index in [1.165, 1.54) is 18.3 Å². The second kappa shape index (κ2) is 3.92. The molecule has 2 rings (SSSR count). The average Bonchev–Trinajstić information content (AvgIpc) is 2.56. The molecule has 2 N–H and O–H groups in total. The second-order valence-electron chi connectivity index (χ2n) is 3.54. The number of hydrogen-bond donors (Lipinski definition) is 1. The molecule has 0 saturated heterocycles. The summed E-state index contributed by atoms with van der Waals surface area (Å²) < 4.78 is 18.5. The molecule has 0 radical (unpaired) electrons. The van der Waals surface area contributed by atoms with E-state index in [0.29, 0.717) is 0 Å². The van der Waals surface area contributed by atoms with Gasteiger partial charge in [-0.2, -0.15) is 0 Å². The van der Waals surface area contributed by atoms with Crippen molar-refractivity contribution in [2.45, 2.75) is 31.4 Å². The first kappa shape index (κ1) is 9.40. The summed E-state index contributed by atoms with van der Waals surface area (Å²) in [7, 11) is 0. The Labute approximate surface area is 82.1 Å². The maximum Gasteiger partial charge on any atom is 0.250 e. The van der Waals surface area contributed by atoms with Gasteiger partial charge in [-0.05, 0) is 31.4 Å². The minimum Gasteiger partial charge on any atom is -0.471 e. The summed E-state index contributed by atoms with van der Waals surface area (Å²) in [5.74, 6) is -0.360. The number of hydrogen-bond acceptors (Lipinski definition) is 3. The van der Waals surface area contributed by atoms with Crippen LogP contribution < -0.4 is 10.5 Å². The highest BCUT2D eigenvalue weighted by atomic mass is 19.1. The molecule has 1 fully saturated rings. The van der Waals surface area contributed by atoms with Crippen molar-refractivity contribution in [2.75, 3.05) is 0 Å². The molecule has 3 nitrogen and oxygen atoms in total. The monoisotopic (exact) mass is 196 g/mol. The minimum absolute atomic E-state index is 0.0106. The predicted octanol–water partition coefficient (Wildman–Crippen LogP) is 1.48. The van der Waals surface area contributed by atoms with E-state index in [9.17, 15) is 4.39 Å². The van der Waals surface area contributed by atoms with Crippen molar-refractivity contribution in [3.05, 3.63) is 24.1 Å². The fourth-order valence-electron chi connectivity index (χ4n) is 1.70. The third-order valence-corrected chi connectivity index (χ3v) is 2.49. The van der Waals surface area contributed by atoms with E-state index in [4.69, 9.17) is 10.5 Å². The van der Waals surface area contributed by atoms with E-state index in [2.05, 4.69) is 4.98 Å². The number of halogens is 1. The summed E-state index contributed by atoms with van der Waals surface area (Å²) in [6, 6.07) is 2.89. The Balaban J connectivity index is 2.07. The Morgan fingerprint density at radius 1 is 1.50 bits per heavy atom. The Morgan fingerprint density at radius 2 is 2.36 bits per heavy atom. The zero-order chi connectivity index (χ0) is 9.97. The third-order valence-electron chi connectivity index (χ3n) is 2.49. The van der Waals surface area contributed by atoms with Gasteiger partial charge in [0.25, 0.3) is 5.88 Å². The highest BCUT2D eigenvalue weighted by Gasteiger charge is 2.26. The van der Waals surface area contributed by atoms with Gasteiger partial charge in [0.05, 0.1) is 0 Å². The summed E-state index contributed by atoms with van der Waals surface area (Å²) in [5.41, 5.74) is 5.80. The van der Waals surface area contributed by atoms with Crippen molar-refractivity contribution < 1.29 is 9.13 Å². The van der Waals surface area contributed by atoms with E-state index >= 15 is 0 Å². The third kappa shape index (κ3) is 1.85. The summed E-state index contributed by atoms with van der Waals surface area (Å²) in [6.07, 6.45) is 4.30. The molecule has 1 aromatic rings. The van der Waals surface area contributed by atoms with Gasteiger partial charge in [0, 0.05) is 12.2 Å². The van der Waals surface area contributed by atoms with Crippen molar-refractivity contribution in [2.24, 2.45) is 5.73 Å². The van der Waals surface area contributed by atoms with Gasteiger partial charge in [-0.15, -0.1) is 0 Å². The molecular formula is C10H13FN2O. The lowest BCUT2D eigenvalue weighted by atomic mass is 10.2. The van der Waals surface area contributed by atoms with Crippen molar-refractivity contribution >= 4 is 0 Å². The van der Waals surface area contributed by atoms with Crippen LogP contribution in [0.2, 0.25) is 0 Å². The van der Waals surface area contributed by atoms with Crippen molar-refractivity contribution in [1.29, 1.82) is 0 Å². The smallest absolute Gasteiger partial charge is 0.250 e. The van der Waals surface area contributed by atoms with Gasteiger partial charge in [-0.25, -0.2) is 9.37 Å². The second-order valence-corrected chi connectivity index (χ2v) is 3.54. The Morgan fingerprint density at radius 3 is 3.00 bits per heavy atom. The molecule has 0 amide bonds. The van der Waals surface area contributed by atoms with Gasteiger partial charge in [0.2, 0.25) is 0 Å². The molecule has 0 spiro atoms. The molecule has 0 unspecified atom stereocenters. The van der Waals surface area contributed by atoms with E-state index in [1.54, 1.807) is 0 Å². The molecule has 1 aromatic heterocycles. The van der Waals surface area contributed by atoms with Crippen LogP contribution in [0.4, 0.5) is 4.39 Å². The van der Waals surface area contributed by atoms with E-state index in [0.717, 1.165) is 19.3 Å². The van der Waals surface area contributed by atoms with Crippen LogP contribution in [0.1, 0.15) is 19.3 Å². The molecule has 2 atom stereocenters. The van der Waals surface area contributed by atoms with Gasteiger partial charge in [-0.3, -0.25) is 0 Å². The quantitative estimate of drug-likeness (QED) is 0.779. The first-order valence-corrected chi connectivity index (χ1v) is 4.80. The maximum absolute atomic E-state index is 13.1. The lowest BCUT2D eigenvalue weighted by molar-refractivity contribution is 0.175. The first-order valence-electron chi connectivity index (χ1n) is 4.80. The van der Waals surface area contributed by atoms with Crippen molar-refractivity contribution in [3.8, 4) is 5.88 Å². The molecule has 1 aliphatic carbocycles. The molecule has 0 bridgehead atoms. The lowest BCUT2D eigenvalue weighted by Gasteiger charge is -2.16. The summed E-state index contributed by atoms with van der Waals surface area (Å²) in [5, 5.41) is 0. The van der Waals surface area contributed by atoms with Crippen LogP contribution in [0, 0.1) is 5.82 Å². The molecule has 1 heterocycles. The van der Waals surface area contributed by atoms with Gasteiger partial charge in [0.15, 0.2) is 5.82 Å². The van der Waals surface area contributed by atoms with Gasteiger partial charge >= 0.3 is 0 Å². The molecule has 14 heavy (non-hydrogen) atoms. The van der Waals surface area contributed by atoms with E-state index in [-0.39, 0.29) is 18.0 Å². The van der Waals surface area contributed by atoms with Crippen LogP contribution in [0.5, 0.6) is 5.88 Å². The van der Waals surface area contributed by atoms with Crippen LogP contribution in [-0.2, 0) is 0 Å². The summed E-state index contributed by atoms with van der Waals surface area (Å²) >= 11 is 0. The Kier molecular flexibility index (Phi) is 2.63. The minimum atomic E-state index is -0.424. The highest BCUT2D eigenvalue weighted by molar-refractivity contribution is 5.13. The molecular weight excluding hydrogens is 183 g/mol. The number of nitrogens with zero attached hydrogens (tertiary/aromatic N) is 1. The number of nitrogens with two attached hydrogens (primary N) is 1. The number of aromatic nitrogens is 1. The molecule has 4 heteroatoms. The summed E-state index contributed by atoms with van der Waals surface area (Å²) in [4.78, 5) is 3.82. The Hall–Kier alpha value is -1.16. The molecule has 1 aliphatic rings. The SMILES string of the molecule is N[C@@H]1CCC[C@H]1Oc1ncccc1F. The molecule has 0 aromatic carbocycles.